The van der Waals surface area contributed by atoms with Crippen molar-refractivity contribution in [2.24, 2.45) is 41.4 Å². The number of ketones is 1. The largest absolute Gasteiger partial charge is 0.481 e. The normalized spacial score (nSPS) is 42.4. The third-order valence-electron chi connectivity index (χ3n) is 15.2. The van der Waals surface area contributed by atoms with Gasteiger partial charge in [0.25, 0.3) is 0 Å². The Balaban J connectivity index is 1.38. The van der Waals surface area contributed by atoms with Crippen molar-refractivity contribution in [3.63, 3.8) is 0 Å². The summed E-state index contributed by atoms with van der Waals surface area (Å²) < 4.78 is 34.3. The number of hydrogen-bond acceptors (Lipinski definition) is 10. The fourth-order valence-electron chi connectivity index (χ4n) is 11.0. The van der Waals surface area contributed by atoms with Crippen LogP contribution in [0.3, 0.4) is 0 Å². The highest BCUT2D eigenvalue weighted by Crippen LogP contribution is 2.54. The molecule has 0 aromatic rings. The molecule has 5 rings (SSSR count). The van der Waals surface area contributed by atoms with Crippen LogP contribution < -0.4 is 10.6 Å². The van der Waals surface area contributed by atoms with Gasteiger partial charge in [-0.05, 0) is 89.5 Å². The summed E-state index contributed by atoms with van der Waals surface area (Å²) >= 11 is 0. The second-order valence-electron chi connectivity index (χ2n) is 19.1. The summed E-state index contributed by atoms with van der Waals surface area (Å²) in [6.45, 7) is 23.6. The SMILES string of the molecule is C=CCNC(=O)N[C@@H]1C=C[C@]2(O[C@H](C(CC)C(=O)[C@@H](C)[C@@H](O)[C@H](C)[C@@H]3O[C@@H]([C@@H](CC)C(=O)O)CC[C@@H]3C)[C@@H](C)C[C@H]2C)O[C@@]12CC[C@@](C)([C@H]1CC[C@](O)(CC)[C@H](C)O1)O2. The zero-order valence-electron chi connectivity index (χ0n) is 37.4. The third-order valence-corrected chi connectivity index (χ3v) is 15.2. The fourth-order valence-corrected chi connectivity index (χ4v) is 11.0. The quantitative estimate of drug-likeness (QED) is 0.111. The molecule has 1 unspecified atom stereocenters. The van der Waals surface area contributed by atoms with Crippen molar-refractivity contribution < 1.29 is 53.4 Å². The molecule has 13 heteroatoms. The number of carbonyl (C=O) groups is 3. The zero-order valence-corrected chi connectivity index (χ0v) is 37.4. The lowest BCUT2D eigenvalue weighted by Crippen LogP contribution is -2.66. The number of aliphatic hydroxyl groups excluding tert-OH is 1. The Morgan fingerprint density at radius 3 is 2.24 bits per heavy atom. The van der Waals surface area contributed by atoms with Crippen LogP contribution in [0.15, 0.2) is 24.8 Å². The number of urea groups is 1. The van der Waals surface area contributed by atoms with Gasteiger partial charge in [-0.1, -0.05) is 67.5 Å². The average molecular weight is 833 g/mol. The van der Waals surface area contributed by atoms with E-state index in [0.717, 1.165) is 6.42 Å². The highest BCUT2D eigenvalue weighted by molar-refractivity contribution is 5.84. The van der Waals surface area contributed by atoms with E-state index >= 15 is 0 Å². The molecule has 0 radical (unpaired) electrons. The van der Waals surface area contributed by atoms with E-state index in [4.69, 9.17) is 23.7 Å². The van der Waals surface area contributed by atoms with Gasteiger partial charge in [0, 0.05) is 36.6 Å². The summed E-state index contributed by atoms with van der Waals surface area (Å²) in [5, 5.41) is 38.7. The number of amides is 2. The second-order valence-corrected chi connectivity index (χ2v) is 19.1. The van der Waals surface area contributed by atoms with Gasteiger partial charge in [0.2, 0.25) is 0 Å². The molecule has 4 saturated heterocycles. The molecule has 2 spiro atoms. The maximum atomic E-state index is 14.6. The summed E-state index contributed by atoms with van der Waals surface area (Å²) in [4.78, 5) is 39.7. The molecular weight excluding hydrogens is 757 g/mol. The Morgan fingerprint density at radius 2 is 1.63 bits per heavy atom. The Morgan fingerprint density at radius 1 is 0.932 bits per heavy atom. The lowest BCUT2D eigenvalue weighted by atomic mass is 9.72. The second kappa shape index (κ2) is 18.9. The van der Waals surface area contributed by atoms with Crippen LogP contribution >= 0.6 is 0 Å². The van der Waals surface area contributed by atoms with Crippen molar-refractivity contribution in [2.75, 3.05) is 6.54 Å². The van der Waals surface area contributed by atoms with Gasteiger partial charge >= 0.3 is 12.0 Å². The van der Waals surface area contributed by atoms with E-state index in [2.05, 4.69) is 38.0 Å². The highest BCUT2D eigenvalue weighted by Gasteiger charge is 2.63. The molecule has 4 fully saturated rings. The van der Waals surface area contributed by atoms with Gasteiger partial charge in [-0.15, -0.1) is 6.58 Å². The van der Waals surface area contributed by atoms with Gasteiger partial charge in [0.05, 0.1) is 53.7 Å². The third kappa shape index (κ3) is 9.51. The first-order valence-electron chi connectivity index (χ1n) is 22.6. The van der Waals surface area contributed by atoms with Crippen LogP contribution in [0.4, 0.5) is 4.79 Å². The van der Waals surface area contributed by atoms with E-state index in [1.54, 1.807) is 13.0 Å². The lowest BCUT2D eigenvalue weighted by molar-refractivity contribution is -0.397. The van der Waals surface area contributed by atoms with E-state index in [-0.39, 0.29) is 36.2 Å². The lowest BCUT2D eigenvalue weighted by Gasteiger charge is -2.55. The number of rotatable bonds is 15. The molecule has 18 atom stereocenters. The van der Waals surface area contributed by atoms with Crippen molar-refractivity contribution in [2.45, 2.75) is 199 Å². The monoisotopic (exact) mass is 833 g/mol. The molecule has 2 amide bonds. The zero-order chi connectivity index (χ0) is 43.7. The predicted octanol–water partition coefficient (Wildman–Crippen LogP) is 6.68. The number of Topliss-reactive ketones (excluding diaryl/α,β-unsaturated/α-hetero) is 1. The summed E-state index contributed by atoms with van der Waals surface area (Å²) in [6.07, 6.45) is 8.08. The van der Waals surface area contributed by atoms with Crippen LogP contribution in [-0.2, 0) is 33.3 Å². The van der Waals surface area contributed by atoms with Gasteiger partial charge in [0.15, 0.2) is 11.6 Å². The molecule has 0 aromatic heterocycles. The Kier molecular flexibility index (Phi) is 15.3. The van der Waals surface area contributed by atoms with E-state index in [1.165, 1.54) is 0 Å². The molecule has 5 aliphatic rings. The molecule has 5 N–H and O–H groups in total. The first kappa shape index (κ1) is 47.7. The van der Waals surface area contributed by atoms with E-state index in [9.17, 15) is 29.7 Å². The Hall–Kier alpha value is -2.39. The molecule has 0 bridgehead atoms. The van der Waals surface area contributed by atoms with E-state index in [1.807, 2.05) is 53.7 Å². The topological polar surface area (TPSA) is 182 Å². The molecule has 5 heterocycles. The van der Waals surface area contributed by atoms with Gasteiger partial charge in [-0.25, -0.2) is 4.79 Å². The van der Waals surface area contributed by atoms with Gasteiger partial charge in [0.1, 0.15) is 11.8 Å². The van der Waals surface area contributed by atoms with Crippen molar-refractivity contribution in [3.05, 3.63) is 24.8 Å². The van der Waals surface area contributed by atoms with Crippen molar-refractivity contribution in [1.82, 2.24) is 10.6 Å². The Labute approximate surface area is 352 Å². The van der Waals surface area contributed by atoms with Crippen molar-refractivity contribution in [3.8, 4) is 0 Å². The molecular formula is C46H76N2O11. The molecule has 13 nitrogen and oxygen atoms in total. The number of aliphatic carboxylic acids is 1. The minimum atomic E-state index is -1.34. The van der Waals surface area contributed by atoms with E-state index in [0.29, 0.717) is 57.8 Å². The summed E-state index contributed by atoms with van der Waals surface area (Å²) in [6, 6.07) is -1.08. The molecule has 336 valence electrons. The van der Waals surface area contributed by atoms with Crippen LogP contribution in [0.5, 0.6) is 0 Å². The summed E-state index contributed by atoms with van der Waals surface area (Å²) in [5.41, 5.74) is -1.71. The van der Waals surface area contributed by atoms with Gasteiger partial charge in [-0.3, -0.25) is 9.59 Å². The molecule has 0 aliphatic carbocycles. The summed E-state index contributed by atoms with van der Waals surface area (Å²) in [5.74, 6) is -6.01. The van der Waals surface area contributed by atoms with Crippen LogP contribution in [0.2, 0.25) is 0 Å². The number of carboxylic acids is 1. The standard InChI is InChI=1S/C46H76N2O11/c1-12-24-47-42(53)48-35-18-21-45(59-46(35)23-22-43(11,58-46)36-19-20-44(54,15-4)31(10)55-36)28(7)25-27(6)40(57-45)33(14-3)38(50)29(8)37(49)30(9)39-26(5)16-17-34(56-39)32(13-2)41(51)52/h12,18,21,26-37,39-40,49,54H,1,13-17,19-20,22-25H2,2-11H3,(H,51,52)(H2,47,48,53)/t26-,27-,28+,29-,30-,31-,32+,33?,34+,35+,36+,37+,39+,40-,43-,44+,45-,46-/m0/s1. The first-order chi connectivity index (χ1) is 27.7. The highest BCUT2D eigenvalue weighted by atomic mass is 16.8. The molecule has 59 heavy (non-hydrogen) atoms. The number of hydrogen-bond donors (Lipinski definition) is 5. The van der Waals surface area contributed by atoms with Crippen LogP contribution in [0, 0.1) is 41.4 Å². The smallest absolute Gasteiger partial charge is 0.315 e. The van der Waals surface area contributed by atoms with Crippen molar-refractivity contribution in [1.29, 1.82) is 0 Å². The minimum Gasteiger partial charge on any atom is -0.481 e. The van der Waals surface area contributed by atoms with Crippen LogP contribution in [-0.4, -0.2) is 105 Å². The maximum absolute atomic E-state index is 14.6. The molecule has 5 aliphatic heterocycles. The van der Waals surface area contributed by atoms with Crippen LogP contribution in [0.1, 0.15) is 133 Å². The summed E-state index contributed by atoms with van der Waals surface area (Å²) in [7, 11) is 0. The molecule has 0 aromatic carbocycles. The van der Waals surface area contributed by atoms with Gasteiger partial charge in [-0.2, -0.15) is 0 Å². The van der Waals surface area contributed by atoms with Crippen molar-refractivity contribution >= 4 is 17.8 Å². The maximum Gasteiger partial charge on any atom is 0.315 e. The average Bonchev–Trinajstić information content (AvgIpc) is 3.54. The fraction of sp³-hybridized carbons (Fsp3) is 0.848. The Bertz CT molecular complexity index is 1530. The van der Waals surface area contributed by atoms with Crippen LogP contribution in [0.25, 0.3) is 0 Å². The van der Waals surface area contributed by atoms with Gasteiger partial charge < -0.3 is 49.6 Å². The minimum absolute atomic E-state index is 0.0200. The number of carbonyl (C=O) groups excluding carboxylic acids is 2. The number of nitrogens with one attached hydrogen (secondary N) is 2. The number of carboxylic acid groups (broad SMARTS) is 1. The predicted molar refractivity (Wildman–Crippen MR) is 223 cm³/mol. The number of ether oxygens (including phenoxy) is 5. The number of aliphatic hydroxyl groups is 2. The molecule has 0 saturated carbocycles. The first-order valence-corrected chi connectivity index (χ1v) is 22.6. The van der Waals surface area contributed by atoms with E-state index < -0.39 is 95.0 Å².